The Balaban J connectivity index is 1.54. The number of hydrogen-bond donors (Lipinski definition) is 0. The Morgan fingerprint density at radius 1 is 1.38 bits per heavy atom. The topological polar surface area (TPSA) is 59.2 Å². The van der Waals surface area contributed by atoms with E-state index in [1.54, 1.807) is 25.1 Å². The molecule has 0 radical (unpaired) electrons. The highest BCUT2D eigenvalue weighted by Gasteiger charge is 2.45. The molecule has 26 heavy (non-hydrogen) atoms. The first kappa shape index (κ1) is 17.2. The van der Waals surface area contributed by atoms with Gasteiger partial charge in [-0.1, -0.05) is 36.2 Å². The summed E-state index contributed by atoms with van der Waals surface area (Å²) < 4.78 is 19.2. The Morgan fingerprint density at radius 2 is 2.19 bits per heavy atom. The molecule has 1 saturated heterocycles. The van der Waals surface area contributed by atoms with Crippen LogP contribution in [-0.4, -0.2) is 34.0 Å². The van der Waals surface area contributed by atoms with Gasteiger partial charge in [0.25, 0.3) is 0 Å². The minimum atomic E-state index is -0.323. The van der Waals surface area contributed by atoms with E-state index in [-0.39, 0.29) is 23.6 Å². The van der Waals surface area contributed by atoms with E-state index in [4.69, 9.17) is 4.52 Å². The lowest BCUT2D eigenvalue weighted by Gasteiger charge is -2.41. The largest absolute Gasteiger partial charge is 0.341 e. The van der Waals surface area contributed by atoms with E-state index in [1.807, 2.05) is 4.90 Å². The molecule has 0 bridgehead atoms. The SMILES string of the molecule is Cc1nc(C2(CC3CC3)CCCN(C(=O)Cc3ccccc3F)C2)no1. The van der Waals surface area contributed by atoms with Crippen LogP contribution in [0.3, 0.4) is 0 Å². The second kappa shape index (κ2) is 6.82. The van der Waals surface area contributed by atoms with Gasteiger partial charge in [0.05, 0.1) is 11.8 Å². The monoisotopic (exact) mass is 357 g/mol. The molecule has 138 valence electrons. The standard InChI is InChI=1S/C20H24FN3O2/c1-14-22-19(23-26-14)20(12-15-7-8-15)9-4-10-24(13-20)18(25)11-16-5-2-3-6-17(16)21/h2-3,5-6,15H,4,7-13H2,1H3. The van der Waals surface area contributed by atoms with E-state index in [2.05, 4.69) is 10.1 Å². The molecule has 1 unspecified atom stereocenters. The molecule has 2 aliphatic rings. The summed E-state index contributed by atoms with van der Waals surface area (Å²) in [6, 6.07) is 6.49. The maximum atomic E-state index is 13.9. The predicted octanol–water partition coefficient (Wildman–Crippen LogP) is 3.42. The summed E-state index contributed by atoms with van der Waals surface area (Å²) in [4.78, 5) is 19.2. The zero-order valence-corrected chi connectivity index (χ0v) is 15.1. The van der Waals surface area contributed by atoms with Crippen LogP contribution in [-0.2, 0) is 16.6 Å². The zero-order valence-electron chi connectivity index (χ0n) is 15.1. The van der Waals surface area contributed by atoms with Gasteiger partial charge in [-0.15, -0.1) is 0 Å². The second-order valence-corrected chi connectivity index (χ2v) is 7.75. The van der Waals surface area contributed by atoms with Gasteiger partial charge in [-0.3, -0.25) is 4.79 Å². The highest BCUT2D eigenvalue weighted by Crippen LogP contribution is 2.45. The minimum absolute atomic E-state index is 0.0322. The number of carbonyl (C=O) groups excluding carboxylic acids is 1. The summed E-state index contributed by atoms with van der Waals surface area (Å²) in [7, 11) is 0. The Labute approximate surface area is 152 Å². The van der Waals surface area contributed by atoms with Gasteiger partial charge in [0.15, 0.2) is 5.82 Å². The van der Waals surface area contributed by atoms with Crippen LogP contribution in [0.15, 0.2) is 28.8 Å². The van der Waals surface area contributed by atoms with Crippen LogP contribution < -0.4 is 0 Å². The summed E-state index contributed by atoms with van der Waals surface area (Å²) in [5, 5.41) is 4.20. The molecule has 1 aromatic heterocycles. The Kier molecular flexibility index (Phi) is 4.51. The van der Waals surface area contributed by atoms with Crippen LogP contribution in [0.1, 0.15) is 49.4 Å². The summed E-state index contributed by atoms with van der Waals surface area (Å²) in [5.41, 5.74) is 0.216. The van der Waals surface area contributed by atoms with Gasteiger partial charge in [0, 0.05) is 20.0 Å². The number of rotatable bonds is 5. The van der Waals surface area contributed by atoms with Gasteiger partial charge in [-0.05, 0) is 36.8 Å². The van der Waals surface area contributed by atoms with Crippen molar-refractivity contribution in [1.29, 1.82) is 0 Å². The smallest absolute Gasteiger partial charge is 0.227 e. The lowest BCUT2D eigenvalue weighted by atomic mass is 9.74. The molecule has 2 heterocycles. The number of carbonyl (C=O) groups is 1. The van der Waals surface area contributed by atoms with Crippen molar-refractivity contribution in [2.45, 2.75) is 50.9 Å². The molecule has 4 rings (SSSR count). The van der Waals surface area contributed by atoms with Crippen LogP contribution in [0.25, 0.3) is 0 Å². The van der Waals surface area contributed by atoms with Crippen LogP contribution >= 0.6 is 0 Å². The van der Waals surface area contributed by atoms with Gasteiger partial charge >= 0.3 is 0 Å². The van der Waals surface area contributed by atoms with Crippen molar-refractivity contribution in [2.24, 2.45) is 5.92 Å². The number of nitrogens with zero attached hydrogens (tertiary/aromatic N) is 3. The highest BCUT2D eigenvalue weighted by atomic mass is 19.1. The Bertz CT molecular complexity index is 802. The lowest BCUT2D eigenvalue weighted by molar-refractivity contribution is -0.133. The molecule has 1 aromatic carbocycles. The first-order valence-corrected chi connectivity index (χ1v) is 9.38. The van der Waals surface area contributed by atoms with Crippen molar-refractivity contribution >= 4 is 5.91 Å². The summed E-state index contributed by atoms with van der Waals surface area (Å²) >= 11 is 0. The fourth-order valence-electron chi connectivity index (χ4n) is 4.09. The third-order valence-electron chi connectivity index (χ3n) is 5.61. The molecule has 1 amide bonds. The highest BCUT2D eigenvalue weighted by molar-refractivity contribution is 5.79. The third-order valence-corrected chi connectivity index (χ3v) is 5.61. The van der Waals surface area contributed by atoms with E-state index in [9.17, 15) is 9.18 Å². The van der Waals surface area contributed by atoms with Crippen LogP contribution in [0, 0.1) is 18.7 Å². The number of benzene rings is 1. The van der Waals surface area contributed by atoms with Crippen molar-refractivity contribution in [2.75, 3.05) is 13.1 Å². The molecular formula is C20H24FN3O2. The number of piperidine rings is 1. The Hall–Kier alpha value is -2.24. The predicted molar refractivity (Wildman–Crippen MR) is 94.0 cm³/mol. The molecule has 1 atom stereocenters. The van der Waals surface area contributed by atoms with Crippen molar-refractivity contribution in [3.63, 3.8) is 0 Å². The summed E-state index contributed by atoms with van der Waals surface area (Å²) in [6.45, 7) is 3.09. The van der Waals surface area contributed by atoms with Crippen molar-refractivity contribution in [3.8, 4) is 0 Å². The average Bonchev–Trinajstić information content (AvgIpc) is 3.33. The lowest BCUT2D eigenvalue weighted by Crippen LogP contribution is -2.49. The second-order valence-electron chi connectivity index (χ2n) is 7.75. The molecule has 1 aliphatic heterocycles. The summed E-state index contributed by atoms with van der Waals surface area (Å²) in [6.07, 6.45) is 5.44. The number of amides is 1. The normalized spacial score (nSPS) is 23.2. The minimum Gasteiger partial charge on any atom is -0.341 e. The molecule has 2 aromatic rings. The number of likely N-dealkylation sites (tertiary alicyclic amines) is 1. The fraction of sp³-hybridized carbons (Fsp3) is 0.550. The van der Waals surface area contributed by atoms with Crippen LogP contribution in [0.5, 0.6) is 0 Å². The maximum absolute atomic E-state index is 13.9. The summed E-state index contributed by atoms with van der Waals surface area (Å²) in [5.74, 6) is 1.62. The third kappa shape index (κ3) is 3.50. The molecule has 1 aliphatic carbocycles. The van der Waals surface area contributed by atoms with E-state index < -0.39 is 0 Å². The number of hydrogen-bond acceptors (Lipinski definition) is 4. The number of aryl methyl sites for hydroxylation is 1. The maximum Gasteiger partial charge on any atom is 0.227 e. The fourth-order valence-corrected chi connectivity index (χ4v) is 4.09. The van der Waals surface area contributed by atoms with Crippen molar-refractivity contribution < 1.29 is 13.7 Å². The van der Waals surface area contributed by atoms with Crippen molar-refractivity contribution in [3.05, 3.63) is 47.4 Å². The first-order valence-electron chi connectivity index (χ1n) is 9.38. The van der Waals surface area contributed by atoms with E-state index in [0.717, 1.165) is 25.1 Å². The average molecular weight is 357 g/mol. The van der Waals surface area contributed by atoms with Gasteiger partial charge in [-0.25, -0.2) is 4.39 Å². The van der Waals surface area contributed by atoms with E-state index in [0.29, 0.717) is 30.5 Å². The Morgan fingerprint density at radius 3 is 2.88 bits per heavy atom. The van der Waals surface area contributed by atoms with Crippen LogP contribution in [0.2, 0.25) is 0 Å². The van der Waals surface area contributed by atoms with E-state index >= 15 is 0 Å². The first-order chi connectivity index (χ1) is 12.6. The van der Waals surface area contributed by atoms with Gasteiger partial charge < -0.3 is 9.42 Å². The molecular weight excluding hydrogens is 333 g/mol. The molecule has 0 N–H and O–H groups in total. The quantitative estimate of drug-likeness (QED) is 0.823. The number of halogens is 1. The molecule has 5 nitrogen and oxygen atoms in total. The molecule has 2 fully saturated rings. The molecule has 1 saturated carbocycles. The van der Waals surface area contributed by atoms with Crippen molar-refractivity contribution in [1.82, 2.24) is 15.0 Å². The van der Waals surface area contributed by atoms with Gasteiger partial charge in [0.2, 0.25) is 11.8 Å². The number of aromatic nitrogens is 2. The van der Waals surface area contributed by atoms with Crippen LogP contribution in [0.4, 0.5) is 4.39 Å². The molecule has 6 heteroatoms. The zero-order chi connectivity index (χ0) is 18.1. The van der Waals surface area contributed by atoms with Gasteiger partial charge in [-0.2, -0.15) is 4.98 Å². The van der Waals surface area contributed by atoms with Gasteiger partial charge in [0.1, 0.15) is 5.82 Å². The molecule has 0 spiro atoms. The van der Waals surface area contributed by atoms with E-state index in [1.165, 1.54) is 18.9 Å².